The van der Waals surface area contributed by atoms with E-state index in [-0.39, 0.29) is 28.2 Å². The van der Waals surface area contributed by atoms with Gasteiger partial charge in [0.1, 0.15) is 0 Å². The van der Waals surface area contributed by atoms with Crippen LogP contribution in [0.25, 0.3) is 0 Å². The Kier molecular flexibility index (Phi) is 7.61. The van der Waals surface area contributed by atoms with Gasteiger partial charge in [-0.05, 0) is 24.5 Å². The molecular weight excluding hydrogens is 352 g/mol. The molecule has 146 valence electrons. The topological polar surface area (TPSA) is 75.7 Å². The average molecular weight is 383 g/mol. The summed E-state index contributed by atoms with van der Waals surface area (Å²) < 4.78 is 29.9. The quantitative estimate of drug-likeness (QED) is 0.744. The normalized spacial score (nSPS) is 17.2. The maximum absolute atomic E-state index is 12.7. The second-order valence-corrected chi connectivity index (χ2v) is 9.29. The number of nitrogens with zero attached hydrogens (tertiary/aromatic N) is 1. The van der Waals surface area contributed by atoms with Gasteiger partial charge in [-0.2, -0.15) is 0 Å². The maximum Gasteiger partial charge on any atom is 0.252 e. The van der Waals surface area contributed by atoms with Gasteiger partial charge >= 0.3 is 0 Å². The van der Waals surface area contributed by atoms with E-state index in [0.717, 1.165) is 19.5 Å². The molecule has 1 aromatic carbocycles. The molecule has 1 saturated heterocycles. The highest BCUT2D eigenvalue weighted by atomic mass is 32.2. The standard InChI is InChI=1S/C19H30N2O4S/c1-4-26(23,24)18-8-6-5-7-17(18)19(22)20-14-16(13-15(2)3)21-9-11-25-12-10-21/h5-8,15-16H,4,9-14H2,1-3H3,(H,20,22). The Hall–Kier alpha value is -1.44. The molecule has 1 aliphatic heterocycles. The van der Waals surface area contributed by atoms with Crippen molar-refractivity contribution in [1.82, 2.24) is 10.2 Å². The Morgan fingerprint density at radius 3 is 2.50 bits per heavy atom. The van der Waals surface area contributed by atoms with Crippen LogP contribution < -0.4 is 5.32 Å². The van der Waals surface area contributed by atoms with Crippen LogP contribution in [0.2, 0.25) is 0 Å². The second kappa shape index (κ2) is 9.48. The Morgan fingerprint density at radius 2 is 1.88 bits per heavy atom. The molecule has 1 fully saturated rings. The first-order chi connectivity index (χ1) is 12.3. The summed E-state index contributed by atoms with van der Waals surface area (Å²) in [7, 11) is -3.44. The molecule has 2 rings (SSSR count). The van der Waals surface area contributed by atoms with Crippen LogP contribution in [0.15, 0.2) is 29.2 Å². The van der Waals surface area contributed by atoms with Crippen molar-refractivity contribution in [2.75, 3.05) is 38.6 Å². The van der Waals surface area contributed by atoms with Crippen molar-refractivity contribution in [2.24, 2.45) is 5.92 Å². The fraction of sp³-hybridized carbons (Fsp3) is 0.632. The van der Waals surface area contributed by atoms with Crippen LogP contribution in [-0.2, 0) is 14.6 Å². The van der Waals surface area contributed by atoms with Crippen molar-refractivity contribution in [3.05, 3.63) is 29.8 Å². The smallest absolute Gasteiger partial charge is 0.252 e. The van der Waals surface area contributed by atoms with Gasteiger partial charge in [-0.15, -0.1) is 0 Å². The van der Waals surface area contributed by atoms with Crippen LogP contribution in [0, 0.1) is 5.92 Å². The predicted octanol–water partition coefficient (Wildman–Crippen LogP) is 1.96. The molecule has 1 atom stereocenters. The van der Waals surface area contributed by atoms with Crippen molar-refractivity contribution in [3.8, 4) is 0 Å². The highest BCUT2D eigenvalue weighted by Crippen LogP contribution is 2.18. The lowest BCUT2D eigenvalue weighted by atomic mass is 10.0. The molecule has 0 saturated carbocycles. The molecule has 7 heteroatoms. The zero-order chi connectivity index (χ0) is 19.2. The summed E-state index contributed by atoms with van der Waals surface area (Å²) in [4.78, 5) is 15.1. The minimum absolute atomic E-state index is 0.0267. The Morgan fingerprint density at radius 1 is 1.23 bits per heavy atom. The van der Waals surface area contributed by atoms with Gasteiger partial charge in [-0.25, -0.2) is 8.42 Å². The first-order valence-corrected chi connectivity index (χ1v) is 10.9. The largest absolute Gasteiger partial charge is 0.379 e. The molecule has 0 radical (unpaired) electrons. The van der Waals surface area contributed by atoms with Crippen molar-refractivity contribution >= 4 is 15.7 Å². The molecule has 1 amide bonds. The van der Waals surface area contributed by atoms with E-state index < -0.39 is 9.84 Å². The highest BCUT2D eigenvalue weighted by molar-refractivity contribution is 7.91. The van der Waals surface area contributed by atoms with E-state index in [1.54, 1.807) is 25.1 Å². The molecule has 0 aromatic heterocycles. The number of hydrogen-bond donors (Lipinski definition) is 1. The zero-order valence-electron chi connectivity index (χ0n) is 15.9. The third kappa shape index (κ3) is 5.53. The van der Waals surface area contributed by atoms with Gasteiger partial charge in [0.05, 0.1) is 29.4 Å². The van der Waals surface area contributed by atoms with Gasteiger partial charge in [0.2, 0.25) is 0 Å². The van der Waals surface area contributed by atoms with E-state index in [1.165, 1.54) is 6.07 Å². The van der Waals surface area contributed by atoms with Crippen LogP contribution in [-0.4, -0.2) is 63.9 Å². The van der Waals surface area contributed by atoms with Gasteiger partial charge in [0.15, 0.2) is 9.84 Å². The molecule has 0 bridgehead atoms. The van der Waals surface area contributed by atoms with E-state index in [9.17, 15) is 13.2 Å². The Labute approximate surface area is 156 Å². The first-order valence-electron chi connectivity index (χ1n) is 9.27. The summed E-state index contributed by atoms with van der Waals surface area (Å²) in [5.74, 6) is 0.147. The number of carbonyl (C=O) groups is 1. The molecule has 0 spiro atoms. The number of ether oxygens (including phenoxy) is 1. The van der Waals surface area contributed by atoms with Crippen LogP contribution in [0.3, 0.4) is 0 Å². The fourth-order valence-corrected chi connectivity index (χ4v) is 4.33. The molecule has 26 heavy (non-hydrogen) atoms. The maximum atomic E-state index is 12.7. The molecule has 1 aromatic rings. The summed E-state index contributed by atoms with van der Waals surface area (Å²) >= 11 is 0. The van der Waals surface area contributed by atoms with E-state index in [1.807, 2.05) is 0 Å². The third-order valence-corrected chi connectivity index (χ3v) is 6.44. The van der Waals surface area contributed by atoms with Crippen molar-refractivity contribution in [2.45, 2.75) is 38.1 Å². The second-order valence-electron chi connectivity index (χ2n) is 7.04. The lowest BCUT2D eigenvalue weighted by Gasteiger charge is -2.35. The SMILES string of the molecule is CCS(=O)(=O)c1ccccc1C(=O)NCC(CC(C)C)N1CCOCC1. The minimum atomic E-state index is -3.44. The number of nitrogens with one attached hydrogen (secondary N) is 1. The predicted molar refractivity (Wildman–Crippen MR) is 102 cm³/mol. The van der Waals surface area contributed by atoms with Gasteiger partial charge in [0.25, 0.3) is 5.91 Å². The van der Waals surface area contributed by atoms with Gasteiger partial charge < -0.3 is 10.1 Å². The minimum Gasteiger partial charge on any atom is -0.379 e. The number of carbonyl (C=O) groups excluding carboxylic acids is 1. The van der Waals surface area contributed by atoms with E-state index >= 15 is 0 Å². The number of amides is 1. The van der Waals surface area contributed by atoms with Crippen molar-refractivity contribution in [1.29, 1.82) is 0 Å². The zero-order valence-corrected chi connectivity index (χ0v) is 16.7. The van der Waals surface area contributed by atoms with Gasteiger partial charge in [-0.1, -0.05) is 32.9 Å². The molecule has 1 unspecified atom stereocenters. The molecule has 1 aliphatic rings. The molecular formula is C19H30N2O4S. The summed E-state index contributed by atoms with van der Waals surface area (Å²) in [6, 6.07) is 6.63. The summed E-state index contributed by atoms with van der Waals surface area (Å²) in [5.41, 5.74) is 0.222. The molecule has 0 aliphatic carbocycles. The Balaban J connectivity index is 2.11. The lowest BCUT2D eigenvalue weighted by Crippen LogP contribution is -2.49. The van der Waals surface area contributed by atoms with Gasteiger partial charge in [-0.3, -0.25) is 9.69 Å². The fourth-order valence-electron chi connectivity index (χ4n) is 3.23. The lowest BCUT2D eigenvalue weighted by molar-refractivity contribution is 0.0124. The van der Waals surface area contributed by atoms with Crippen LogP contribution in [0.4, 0.5) is 0 Å². The van der Waals surface area contributed by atoms with E-state index in [2.05, 4.69) is 24.1 Å². The summed E-state index contributed by atoms with van der Waals surface area (Å²) in [5, 5.41) is 2.95. The number of sulfone groups is 1. The average Bonchev–Trinajstić information content (AvgIpc) is 2.65. The number of hydrogen-bond acceptors (Lipinski definition) is 5. The monoisotopic (exact) mass is 382 g/mol. The molecule has 1 N–H and O–H groups in total. The summed E-state index contributed by atoms with van der Waals surface area (Å²) in [6.45, 7) is 9.54. The third-order valence-electron chi connectivity index (χ3n) is 4.65. The molecule has 6 nitrogen and oxygen atoms in total. The first kappa shape index (κ1) is 20.9. The van der Waals surface area contributed by atoms with Crippen LogP contribution in [0.1, 0.15) is 37.6 Å². The number of morpholine rings is 1. The van der Waals surface area contributed by atoms with Crippen molar-refractivity contribution < 1.29 is 17.9 Å². The molecule has 1 heterocycles. The number of benzene rings is 1. The van der Waals surface area contributed by atoms with Gasteiger partial charge in [0, 0.05) is 25.7 Å². The Bertz CT molecular complexity index is 697. The van der Waals surface area contributed by atoms with Crippen LogP contribution >= 0.6 is 0 Å². The van der Waals surface area contributed by atoms with E-state index in [0.29, 0.717) is 25.7 Å². The van der Waals surface area contributed by atoms with Crippen LogP contribution in [0.5, 0.6) is 0 Å². The highest BCUT2D eigenvalue weighted by Gasteiger charge is 2.24. The van der Waals surface area contributed by atoms with Crippen molar-refractivity contribution in [3.63, 3.8) is 0 Å². The summed E-state index contributed by atoms with van der Waals surface area (Å²) in [6.07, 6.45) is 0.967. The number of rotatable bonds is 8. The van der Waals surface area contributed by atoms with E-state index in [4.69, 9.17) is 4.74 Å².